The first-order valence-corrected chi connectivity index (χ1v) is 6.10. The summed E-state index contributed by atoms with van der Waals surface area (Å²) >= 11 is 0. The molecule has 106 valence electrons. The zero-order valence-electron chi connectivity index (χ0n) is 10.9. The van der Waals surface area contributed by atoms with Gasteiger partial charge in [0.15, 0.2) is 11.5 Å². The highest BCUT2D eigenvalue weighted by Gasteiger charge is 2.38. The average Bonchev–Trinajstić information content (AvgIpc) is 2.64. The van der Waals surface area contributed by atoms with Crippen molar-refractivity contribution in [2.45, 2.75) is 19.0 Å². The maximum atomic E-state index is 12.7. The Hall–Kier alpha value is -1.37. The Bertz CT molecular complexity index is 475. The minimum absolute atomic E-state index is 0.146. The van der Waals surface area contributed by atoms with Crippen molar-refractivity contribution >= 4 is 5.78 Å². The second-order valence-corrected chi connectivity index (χ2v) is 5.11. The van der Waals surface area contributed by atoms with Gasteiger partial charge < -0.3 is 4.90 Å². The lowest BCUT2D eigenvalue weighted by molar-refractivity contribution is -0.141. The van der Waals surface area contributed by atoms with Crippen LogP contribution in [0, 0.1) is 5.92 Å². The van der Waals surface area contributed by atoms with Crippen LogP contribution in [0.1, 0.15) is 28.9 Å². The van der Waals surface area contributed by atoms with Crippen LogP contribution in [0.4, 0.5) is 13.2 Å². The Morgan fingerprint density at radius 2 is 2.05 bits per heavy atom. The van der Waals surface area contributed by atoms with E-state index in [2.05, 4.69) is 10.00 Å². The molecule has 1 aromatic rings. The molecule has 0 radical (unpaired) electrons. The zero-order chi connectivity index (χ0) is 14.2. The molecule has 0 atom stereocenters. The van der Waals surface area contributed by atoms with Crippen LogP contribution in [-0.2, 0) is 13.2 Å². The Morgan fingerprint density at radius 1 is 1.42 bits per heavy atom. The number of hydrogen-bond donors (Lipinski definition) is 0. The van der Waals surface area contributed by atoms with Gasteiger partial charge in [0, 0.05) is 32.8 Å². The smallest absolute Gasteiger partial charge is 0.306 e. The van der Waals surface area contributed by atoms with Crippen LogP contribution in [0.5, 0.6) is 0 Å². The normalized spacial score (nSPS) is 17.5. The molecule has 1 aliphatic rings. The molecule has 0 unspecified atom stereocenters. The van der Waals surface area contributed by atoms with Gasteiger partial charge >= 0.3 is 6.18 Å². The molecular formula is C12H16F3N3O. The molecule has 0 aliphatic carbocycles. The number of alkyl halides is 3. The third-order valence-corrected chi connectivity index (χ3v) is 3.32. The van der Waals surface area contributed by atoms with Gasteiger partial charge in [-0.15, -0.1) is 0 Å². The molecule has 4 nitrogen and oxygen atoms in total. The topological polar surface area (TPSA) is 38.1 Å². The number of ketones is 1. The van der Waals surface area contributed by atoms with Gasteiger partial charge in [-0.2, -0.15) is 18.3 Å². The lowest BCUT2D eigenvalue weighted by atomic mass is 9.93. The van der Waals surface area contributed by atoms with Crippen molar-refractivity contribution in [1.29, 1.82) is 0 Å². The van der Waals surface area contributed by atoms with Crippen LogP contribution in [0.3, 0.4) is 0 Å². The Kier molecular flexibility index (Phi) is 3.66. The number of Topliss-reactive ketones (excluding diaryl/α,β-unsaturated/α-hetero) is 1. The van der Waals surface area contributed by atoms with Gasteiger partial charge in [0.05, 0.1) is 5.56 Å². The van der Waals surface area contributed by atoms with E-state index in [9.17, 15) is 18.0 Å². The maximum absolute atomic E-state index is 12.7. The molecule has 1 aromatic heterocycles. The molecule has 0 saturated carbocycles. The van der Waals surface area contributed by atoms with E-state index < -0.39 is 17.7 Å². The van der Waals surface area contributed by atoms with Gasteiger partial charge in [-0.1, -0.05) is 0 Å². The van der Waals surface area contributed by atoms with Gasteiger partial charge in [0.1, 0.15) is 0 Å². The highest BCUT2D eigenvalue weighted by Crippen LogP contribution is 2.31. The number of rotatable bonds is 4. The van der Waals surface area contributed by atoms with Gasteiger partial charge in [0.25, 0.3) is 0 Å². The molecule has 0 bridgehead atoms. The molecule has 2 heterocycles. The Morgan fingerprint density at radius 3 is 2.58 bits per heavy atom. The Labute approximate surface area is 109 Å². The molecule has 0 N–H and O–H groups in total. The van der Waals surface area contributed by atoms with Crippen molar-refractivity contribution in [3.63, 3.8) is 0 Å². The standard InChI is InChI=1S/C12H16F3N3O/c1-17-5-8(6-17)3-4-10(19)9-7-18(2)16-11(9)12(13,14)15/h7-8H,3-6H2,1-2H3. The number of carbonyl (C=O) groups excluding carboxylic acids is 1. The van der Waals surface area contributed by atoms with Crippen molar-refractivity contribution in [2.24, 2.45) is 13.0 Å². The van der Waals surface area contributed by atoms with E-state index in [1.807, 2.05) is 7.05 Å². The van der Waals surface area contributed by atoms with E-state index in [0.717, 1.165) is 24.0 Å². The van der Waals surface area contributed by atoms with Crippen LogP contribution in [-0.4, -0.2) is 40.6 Å². The molecule has 1 saturated heterocycles. The summed E-state index contributed by atoms with van der Waals surface area (Å²) in [6.07, 6.45) is -2.65. The quantitative estimate of drug-likeness (QED) is 0.788. The molecule has 2 rings (SSSR count). The summed E-state index contributed by atoms with van der Waals surface area (Å²) in [6, 6.07) is 0. The highest BCUT2D eigenvalue weighted by atomic mass is 19.4. The second-order valence-electron chi connectivity index (χ2n) is 5.11. The molecule has 1 fully saturated rings. The number of halogens is 3. The lowest BCUT2D eigenvalue weighted by Crippen LogP contribution is -2.43. The summed E-state index contributed by atoms with van der Waals surface area (Å²) < 4.78 is 39.2. The summed E-state index contributed by atoms with van der Waals surface area (Å²) in [5.41, 5.74) is -1.39. The lowest BCUT2D eigenvalue weighted by Gasteiger charge is -2.36. The third-order valence-electron chi connectivity index (χ3n) is 3.32. The van der Waals surface area contributed by atoms with Gasteiger partial charge in [-0.25, -0.2) is 0 Å². The number of hydrogen-bond acceptors (Lipinski definition) is 3. The summed E-state index contributed by atoms with van der Waals surface area (Å²) in [5, 5.41) is 3.34. The van der Waals surface area contributed by atoms with Crippen LogP contribution >= 0.6 is 0 Å². The van der Waals surface area contributed by atoms with E-state index >= 15 is 0 Å². The predicted molar refractivity (Wildman–Crippen MR) is 62.8 cm³/mol. The monoisotopic (exact) mass is 275 g/mol. The fourth-order valence-corrected chi connectivity index (χ4v) is 2.38. The van der Waals surface area contributed by atoms with E-state index in [0.29, 0.717) is 12.3 Å². The molecule has 19 heavy (non-hydrogen) atoms. The fourth-order valence-electron chi connectivity index (χ4n) is 2.38. The molecule has 0 spiro atoms. The minimum atomic E-state index is -4.58. The predicted octanol–water partition coefficient (Wildman–Crippen LogP) is 1.96. The molecular weight excluding hydrogens is 259 g/mol. The first kappa shape index (κ1) is 14.0. The van der Waals surface area contributed by atoms with E-state index in [4.69, 9.17) is 0 Å². The summed E-state index contributed by atoms with van der Waals surface area (Å²) in [7, 11) is 3.36. The van der Waals surface area contributed by atoms with Gasteiger partial charge in [-0.05, 0) is 19.4 Å². The number of carbonyl (C=O) groups is 1. The SMILES string of the molecule is CN1CC(CCC(=O)c2cn(C)nc2C(F)(F)F)C1. The average molecular weight is 275 g/mol. The van der Waals surface area contributed by atoms with Gasteiger partial charge in [-0.3, -0.25) is 9.48 Å². The van der Waals surface area contributed by atoms with Gasteiger partial charge in [0.2, 0.25) is 0 Å². The number of nitrogens with zero attached hydrogens (tertiary/aromatic N) is 3. The number of aromatic nitrogens is 2. The molecule has 0 amide bonds. The van der Waals surface area contributed by atoms with Crippen molar-refractivity contribution in [1.82, 2.24) is 14.7 Å². The first-order valence-electron chi connectivity index (χ1n) is 6.10. The van der Waals surface area contributed by atoms with E-state index in [-0.39, 0.29) is 12.0 Å². The van der Waals surface area contributed by atoms with Crippen molar-refractivity contribution < 1.29 is 18.0 Å². The molecule has 7 heteroatoms. The summed E-state index contributed by atoms with van der Waals surface area (Å²) in [5.74, 6) is -0.0602. The number of likely N-dealkylation sites (tertiary alicyclic amines) is 1. The maximum Gasteiger partial charge on any atom is 0.435 e. The van der Waals surface area contributed by atoms with Crippen molar-refractivity contribution in [2.75, 3.05) is 20.1 Å². The Balaban J connectivity index is 2.02. The van der Waals surface area contributed by atoms with Crippen LogP contribution in [0.15, 0.2) is 6.20 Å². The largest absolute Gasteiger partial charge is 0.435 e. The van der Waals surface area contributed by atoms with Crippen LogP contribution in [0.2, 0.25) is 0 Å². The molecule has 1 aliphatic heterocycles. The van der Waals surface area contributed by atoms with E-state index in [1.165, 1.54) is 7.05 Å². The van der Waals surface area contributed by atoms with Crippen LogP contribution < -0.4 is 0 Å². The number of aryl methyl sites for hydroxylation is 1. The molecule has 0 aromatic carbocycles. The third kappa shape index (κ3) is 3.15. The highest BCUT2D eigenvalue weighted by molar-refractivity contribution is 5.97. The van der Waals surface area contributed by atoms with E-state index in [1.54, 1.807) is 0 Å². The fraction of sp³-hybridized carbons (Fsp3) is 0.667. The van der Waals surface area contributed by atoms with Crippen molar-refractivity contribution in [3.8, 4) is 0 Å². The zero-order valence-corrected chi connectivity index (χ0v) is 10.9. The first-order chi connectivity index (χ1) is 8.77. The second kappa shape index (κ2) is 4.96. The summed E-state index contributed by atoms with van der Waals surface area (Å²) in [4.78, 5) is 14.0. The summed E-state index contributed by atoms with van der Waals surface area (Å²) in [6.45, 7) is 1.82. The minimum Gasteiger partial charge on any atom is -0.306 e. The van der Waals surface area contributed by atoms with Crippen LogP contribution in [0.25, 0.3) is 0 Å². The van der Waals surface area contributed by atoms with Crippen molar-refractivity contribution in [3.05, 3.63) is 17.5 Å².